The van der Waals surface area contributed by atoms with Crippen molar-refractivity contribution in [2.24, 2.45) is 23.2 Å². The van der Waals surface area contributed by atoms with Crippen LogP contribution in [0.25, 0.3) is 0 Å². The molecule has 4 heteroatoms. The lowest BCUT2D eigenvalue weighted by Gasteiger charge is -2.64. The van der Waals surface area contributed by atoms with Crippen LogP contribution in [-0.2, 0) is 9.31 Å². The summed E-state index contributed by atoms with van der Waals surface area (Å²) in [4.78, 5) is 0. The van der Waals surface area contributed by atoms with Gasteiger partial charge in [-0.05, 0) is 42.9 Å². The summed E-state index contributed by atoms with van der Waals surface area (Å²) in [7, 11) is -0.336. The molecule has 2 nitrogen and oxygen atoms in total. The monoisotopic (exact) mass is 296 g/mol. The molecule has 0 N–H and O–H groups in total. The number of alkyl halides is 1. The summed E-state index contributed by atoms with van der Waals surface area (Å²) in [6, 6.07) is 0. The molecular weight excluding hydrogens is 270 g/mol. The van der Waals surface area contributed by atoms with E-state index in [0.29, 0.717) is 17.3 Å². The standard InChI is InChI=1S/C16H26BClO2/c1-9(2)10(3)14(18)17-19-13-8-11-7-12(15(11,4)5)16(13,6)20-17/h9,11-14H,3,7-8H2,1-2,4-6H3. The van der Waals surface area contributed by atoms with Crippen LogP contribution in [0.1, 0.15) is 47.5 Å². The fraction of sp³-hybridized carbons (Fsp3) is 0.875. The van der Waals surface area contributed by atoms with Crippen LogP contribution in [0.2, 0.25) is 0 Å². The summed E-state index contributed by atoms with van der Waals surface area (Å²) in [5.74, 6) is 1.71. The van der Waals surface area contributed by atoms with E-state index in [1.807, 2.05) is 0 Å². The molecule has 1 saturated heterocycles. The third-order valence-electron chi connectivity index (χ3n) is 6.30. The van der Waals surface area contributed by atoms with Crippen molar-refractivity contribution in [1.29, 1.82) is 0 Å². The van der Waals surface area contributed by atoms with Crippen LogP contribution in [0.3, 0.4) is 0 Å². The van der Waals surface area contributed by atoms with Gasteiger partial charge in [0.1, 0.15) is 0 Å². The van der Waals surface area contributed by atoms with E-state index in [4.69, 9.17) is 20.9 Å². The summed E-state index contributed by atoms with van der Waals surface area (Å²) < 4.78 is 12.5. The molecule has 2 bridgehead atoms. The maximum Gasteiger partial charge on any atom is 0.481 e. The molecule has 0 aromatic rings. The third kappa shape index (κ3) is 1.86. The Kier molecular flexibility index (Phi) is 3.36. The van der Waals surface area contributed by atoms with Crippen molar-refractivity contribution >= 4 is 18.7 Å². The number of rotatable bonds is 3. The zero-order valence-corrected chi connectivity index (χ0v) is 14.0. The summed E-state index contributed by atoms with van der Waals surface area (Å²) in [5.41, 5.74) is 1.21. The molecule has 1 aliphatic heterocycles. The summed E-state index contributed by atoms with van der Waals surface area (Å²) in [5, 5.41) is -0.252. The van der Waals surface area contributed by atoms with Crippen LogP contribution in [0, 0.1) is 23.2 Å². The Bertz CT molecular complexity index is 436. The van der Waals surface area contributed by atoms with Gasteiger partial charge in [0.05, 0.1) is 17.0 Å². The molecule has 4 aliphatic rings. The van der Waals surface area contributed by atoms with Gasteiger partial charge in [-0.2, -0.15) is 0 Å². The van der Waals surface area contributed by atoms with Gasteiger partial charge in [0, 0.05) is 0 Å². The maximum atomic E-state index is 6.54. The first-order chi connectivity index (χ1) is 9.18. The lowest BCUT2D eigenvalue weighted by molar-refractivity contribution is -0.199. The number of halogens is 1. The summed E-state index contributed by atoms with van der Waals surface area (Å²) in [6.45, 7) is 15.3. The predicted molar refractivity (Wildman–Crippen MR) is 83.7 cm³/mol. The van der Waals surface area contributed by atoms with Crippen LogP contribution in [0.4, 0.5) is 0 Å². The van der Waals surface area contributed by atoms with Crippen molar-refractivity contribution in [3.8, 4) is 0 Å². The van der Waals surface area contributed by atoms with Gasteiger partial charge < -0.3 is 9.31 Å². The van der Waals surface area contributed by atoms with E-state index in [1.165, 1.54) is 6.42 Å². The van der Waals surface area contributed by atoms with Gasteiger partial charge in [-0.25, -0.2) is 0 Å². The number of hydrogen-bond donors (Lipinski definition) is 0. The lowest BCUT2D eigenvalue weighted by Crippen LogP contribution is -2.65. The largest absolute Gasteiger partial charge is 0.481 e. The first-order valence-corrected chi connectivity index (χ1v) is 8.27. The van der Waals surface area contributed by atoms with Gasteiger partial charge in [-0.3, -0.25) is 0 Å². The fourth-order valence-corrected chi connectivity index (χ4v) is 4.88. The van der Waals surface area contributed by atoms with Crippen molar-refractivity contribution < 1.29 is 9.31 Å². The predicted octanol–water partition coefficient (Wildman–Crippen LogP) is 4.07. The van der Waals surface area contributed by atoms with E-state index in [1.54, 1.807) is 0 Å². The zero-order chi connectivity index (χ0) is 14.9. The first-order valence-electron chi connectivity index (χ1n) is 7.84. The van der Waals surface area contributed by atoms with Gasteiger partial charge in [-0.1, -0.05) is 39.8 Å². The second kappa shape index (κ2) is 4.50. The highest BCUT2D eigenvalue weighted by Crippen LogP contribution is 2.65. The molecule has 0 spiro atoms. The Balaban J connectivity index is 1.78. The second-order valence-corrected chi connectivity index (χ2v) is 8.44. The van der Waals surface area contributed by atoms with Crippen molar-refractivity contribution in [2.45, 2.75) is 64.4 Å². The van der Waals surface area contributed by atoms with E-state index in [0.717, 1.165) is 17.9 Å². The molecule has 5 atom stereocenters. The molecule has 4 fully saturated rings. The topological polar surface area (TPSA) is 18.5 Å². The Morgan fingerprint density at radius 3 is 2.50 bits per heavy atom. The molecule has 0 aromatic heterocycles. The van der Waals surface area contributed by atoms with E-state index >= 15 is 0 Å². The zero-order valence-electron chi connectivity index (χ0n) is 13.3. The van der Waals surface area contributed by atoms with Gasteiger partial charge >= 0.3 is 7.12 Å². The maximum absolute atomic E-state index is 6.54. The average molecular weight is 297 g/mol. The Morgan fingerprint density at radius 2 is 1.95 bits per heavy atom. The molecule has 0 aromatic carbocycles. The van der Waals surface area contributed by atoms with Gasteiger partial charge in [0.15, 0.2) is 0 Å². The third-order valence-corrected chi connectivity index (χ3v) is 6.79. The van der Waals surface area contributed by atoms with Gasteiger partial charge in [0.25, 0.3) is 0 Å². The van der Waals surface area contributed by atoms with Crippen molar-refractivity contribution in [1.82, 2.24) is 0 Å². The SMILES string of the molecule is C=C(C(C)C)C(Cl)B1OC2CC3CC(C3(C)C)C2(C)O1. The Labute approximate surface area is 128 Å². The molecule has 5 unspecified atom stereocenters. The molecule has 3 saturated carbocycles. The molecule has 3 aliphatic carbocycles. The molecule has 4 rings (SSSR count). The quantitative estimate of drug-likeness (QED) is 0.444. The van der Waals surface area contributed by atoms with Gasteiger partial charge in [-0.15, -0.1) is 11.6 Å². The number of hydrogen-bond acceptors (Lipinski definition) is 2. The van der Waals surface area contributed by atoms with Gasteiger partial charge in [0.2, 0.25) is 0 Å². The summed E-state index contributed by atoms with van der Waals surface area (Å²) in [6.07, 6.45) is 2.58. The highest BCUT2D eigenvalue weighted by atomic mass is 35.5. The smallest absolute Gasteiger partial charge is 0.404 e. The minimum atomic E-state index is -0.336. The Morgan fingerprint density at radius 1 is 1.30 bits per heavy atom. The van der Waals surface area contributed by atoms with Crippen LogP contribution >= 0.6 is 11.6 Å². The van der Waals surface area contributed by atoms with Crippen LogP contribution in [0.5, 0.6) is 0 Å². The number of allylic oxidation sites excluding steroid dienone is 1. The van der Waals surface area contributed by atoms with E-state index in [-0.39, 0.29) is 24.1 Å². The molecule has 0 amide bonds. The van der Waals surface area contributed by atoms with Crippen LogP contribution in [0.15, 0.2) is 12.2 Å². The second-order valence-electron chi connectivity index (χ2n) is 7.97. The molecule has 20 heavy (non-hydrogen) atoms. The highest BCUT2D eigenvalue weighted by Gasteiger charge is 2.68. The normalized spacial score (nSPS) is 43.1. The minimum Gasteiger partial charge on any atom is -0.404 e. The molecule has 1 heterocycles. The molecule has 0 radical (unpaired) electrons. The van der Waals surface area contributed by atoms with Crippen LogP contribution in [-0.4, -0.2) is 24.1 Å². The lowest BCUT2D eigenvalue weighted by atomic mass is 9.43. The average Bonchev–Trinajstić information content (AvgIpc) is 2.73. The minimum absolute atomic E-state index is 0.173. The van der Waals surface area contributed by atoms with Crippen molar-refractivity contribution in [3.05, 3.63) is 12.2 Å². The van der Waals surface area contributed by atoms with E-state index < -0.39 is 0 Å². The summed E-state index contributed by atoms with van der Waals surface area (Å²) >= 11 is 6.54. The van der Waals surface area contributed by atoms with Crippen molar-refractivity contribution in [2.75, 3.05) is 0 Å². The van der Waals surface area contributed by atoms with E-state index in [9.17, 15) is 0 Å². The van der Waals surface area contributed by atoms with E-state index in [2.05, 4.69) is 41.2 Å². The fourth-order valence-electron chi connectivity index (χ4n) is 4.52. The Hall–Kier alpha value is 0.0149. The first kappa shape index (κ1) is 14.9. The van der Waals surface area contributed by atoms with Crippen molar-refractivity contribution in [3.63, 3.8) is 0 Å². The molecule has 112 valence electrons. The highest BCUT2D eigenvalue weighted by molar-refractivity contribution is 6.61. The van der Waals surface area contributed by atoms with Crippen LogP contribution < -0.4 is 0 Å². The molecular formula is C16H26BClO2.